The van der Waals surface area contributed by atoms with Crippen LogP contribution >= 0.6 is 0 Å². The lowest BCUT2D eigenvalue weighted by Gasteiger charge is -2.11. The third-order valence-corrected chi connectivity index (χ3v) is 5.03. The summed E-state index contributed by atoms with van der Waals surface area (Å²) in [5.41, 5.74) is 1.28. The molecule has 0 bridgehead atoms. The Hall–Kier alpha value is -2.37. The zero-order chi connectivity index (χ0) is 17.2. The lowest BCUT2D eigenvalue weighted by atomic mass is 10.0. The first-order valence-corrected chi connectivity index (χ1v) is 8.45. The minimum atomic E-state index is -0.108. The molecule has 3 aliphatic rings. The van der Waals surface area contributed by atoms with Gasteiger partial charge in [0.1, 0.15) is 0 Å². The molecule has 4 rings (SSSR count). The molecule has 126 valence electrons. The largest absolute Gasteiger partial charge is 0.332 e. The summed E-state index contributed by atoms with van der Waals surface area (Å²) in [7, 11) is 0. The van der Waals surface area contributed by atoms with E-state index >= 15 is 0 Å². The van der Waals surface area contributed by atoms with Gasteiger partial charge in [-0.05, 0) is 39.0 Å². The van der Waals surface area contributed by atoms with Gasteiger partial charge in [-0.3, -0.25) is 14.4 Å². The van der Waals surface area contributed by atoms with Crippen LogP contribution in [0.5, 0.6) is 0 Å². The maximum Gasteiger partial charge on any atom is 0.254 e. The number of hydrogen-bond acceptors (Lipinski definition) is 3. The van der Waals surface area contributed by atoms with E-state index in [-0.39, 0.29) is 35.8 Å². The highest BCUT2D eigenvalue weighted by molar-refractivity contribution is 6.06. The van der Waals surface area contributed by atoms with Crippen LogP contribution in [0.1, 0.15) is 51.8 Å². The maximum absolute atomic E-state index is 12.5. The number of carbonyl (C=O) groups is 3. The number of hydrogen-bond donors (Lipinski definition) is 0. The van der Waals surface area contributed by atoms with Gasteiger partial charge in [0.2, 0.25) is 0 Å². The fraction of sp³-hybridized carbons (Fsp3) is 0.500. The van der Waals surface area contributed by atoms with E-state index in [0.717, 1.165) is 19.6 Å². The van der Waals surface area contributed by atoms with E-state index in [0.29, 0.717) is 16.7 Å². The summed E-state index contributed by atoms with van der Waals surface area (Å²) >= 11 is 0. The first-order valence-electron chi connectivity index (χ1n) is 8.45. The molecule has 0 N–H and O–H groups in total. The molecule has 0 spiro atoms. The van der Waals surface area contributed by atoms with Crippen LogP contribution in [0.3, 0.4) is 0 Å². The van der Waals surface area contributed by atoms with Gasteiger partial charge in [0, 0.05) is 54.5 Å². The molecule has 3 fully saturated rings. The maximum atomic E-state index is 12.5. The highest BCUT2D eigenvalue weighted by atomic mass is 16.2. The SMILES string of the molecule is C[C@@H]1CN1C(=O)c1cc(C(=O)N2C[C@H]2C)cc(C(=O)N2C[C@@H]2C)c1. The van der Waals surface area contributed by atoms with E-state index < -0.39 is 0 Å². The summed E-state index contributed by atoms with van der Waals surface area (Å²) in [6.45, 7) is 8.13. The molecule has 3 amide bonds. The van der Waals surface area contributed by atoms with Crippen LogP contribution in [0.25, 0.3) is 0 Å². The first-order chi connectivity index (χ1) is 11.4. The molecule has 0 aromatic heterocycles. The average Bonchev–Trinajstić information content (AvgIpc) is 3.47. The summed E-state index contributed by atoms with van der Waals surface area (Å²) < 4.78 is 0. The number of carbonyl (C=O) groups excluding carboxylic acids is 3. The van der Waals surface area contributed by atoms with E-state index in [4.69, 9.17) is 0 Å². The molecule has 0 saturated carbocycles. The van der Waals surface area contributed by atoms with Crippen molar-refractivity contribution in [3.8, 4) is 0 Å². The zero-order valence-corrected chi connectivity index (χ0v) is 14.2. The summed E-state index contributed by atoms with van der Waals surface area (Å²) in [5, 5.41) is 0. The zero-order valence-electron chi connectivity index (χ0n) is 14.2. The van der Waals surface area contributed by atoms with Crippen molar-refractivity contribution >= 4 is 17.7 Å². The molecule has 3 heterocycles. The fourth-order valence-corrected chi connectivity index (χ4v) is 3.06. The van der Waals surface area contributed by atoms with E-state index in [1.54, 1.807) is 32.9 Å². The average molecular weight is 327 g/mol. The van der Waals surface area contributed by atoms with Gasteiger partial charge in [0.15, 0.2) is 0 Å². The molecule has 3 aliphatic heterocycles. The minimum absolute atomic E-state index is 0.108. The summed E-state index contributed by atoms with van der Waals surface area (Å²) in [6.07, 6.45) is 0. The van der Waals surface area contributed by atoms with Crippen molar-refractivity contribution in [3.63, 3.8) is 0 Å². The topological polar surface area (TPSA) is 60.2 Å². The first kappa shape index (κ1) is 15.2. The predicted octanol–water partition coefficient (Wildman–Crippen LogP) is 1.22. The van der Waals surface area contributed by atoms with Crippen LogP contribution in [-0.4, -0.2) is 70.2 Å². The lowest BCUT2D eigenvalue weighted by molar-refractivity contribution is 0.0876. The predicted molar refractivity (Wildman–Crippen MR) is 87.9 cm³/mol. The van der Waals surface area contributed by atoms with Gasteiger partial charge >= 0.3 is 0 Å². The van der Waals surface area contributed by atoms with E-state index in [9.17, 15) is 14.4 Å². The smallest absolute Gasteiger partial charge is 0.254 e. The van der Waals surface area contributed by atoms with Gasteiger partial charge in [-0.2, -0.15) is 0 Å². The Morgan fingerprint density at radius 2 is 0.875 bits per heavy atom. The van der Waals surface area contributed by atoms with Gasteiger partial charge in [-0.1, -0.05) is 0 Å². The Labute approximate surface area is 141 Å². The fourth-order valence-electron chi connectivity index (χ4n) is 3.06. The van der Waals surface area contributed by atoms with Gasteiger partial charge in [0.05, 0.1) is 0 Å². The van der Waals surface area contributed by atoms with Crippen LogP contribution < -0.4 is 0 Å². The van der Waals surface area contributed by atoms with Gasteiger partial charge in [-0.25, -0.2) is 0 Å². The van der Waals surface area contributed by atoms with Crippen molar-refractivity contribution in [2.75, 3.05) is 19.6 Å². The van der Waals surface area contributed by atoms with Crippen molar-refractivity contribution in [2.45, 2.75) is 38.9 Å². The molecular weight excluding hydrogens is 306 g/mol. The Morgan fingerprint density at radius 1 is 0.667 bits per heavy atom. The normalized spacial score (nSPS) is 27.1. The second-order valence-electron chi connectivity index (χ2n) is 7.22. The van der Waals surface area contributed by atoms with Crippen LogP contribution in [0, 0.1) is 0 Å². The minimum Gasteiger partial charge on any atom is -0.332 e. The molecule has 6 nitrogen and oxygen atoms in total. The molecular formula is C18H21N3O3. The number of rotatable bonds is 3. The van der Waals surface area contributed by atoms with Crippen LogP contribution in [0.4, 0.5) is 0 Å². The quantitative estimate of drug-likeness (QED) is 0.784. The van der Waals surface area contributed by atoms with Crippen LogP contribution in [0.2, 0.25) is 0 Å². The van der Waals surface area contributed by atoms with E-state index in [1.165, 1.54) is 0 Å². The summed E-state index contributed by atoms with van der Waals surface area (Å²) in [6, 6.07) is 5.58. The molecule has 1 aromatic rings. The number of amides is 3. The molecule has 6 heteroatoms. The Kier molecular flexibility index (Phi) is 3.20. The number of nitrogens with zero attached hydrogens (tertiary/aromatic N) is 3. The third kappa shape index (κ3) is 2.56. The Balaban J connectivity index is 1.68. The molecule has 24 heavy (non-hydrogen) atoms. The van der Waals surface area contributed by atoms with Gasteiger partial charge in [0.25, 0.3) is 17.7 Å². The van der Waals surface area contributed by atoms with Crippen molar-refractivity contribution in [1.82, 2.24) is 14.7 Å². The molecule has 0 unspecified atom stereocenters. The summed E-state index contributed by atoms with van der Waals surface area (Å²) in [4.78, 5) is 42.8. The van der Waals surface area contributed by atoms with Crippen LogP contribution in [0.15, 0.2) is 18.2 Å². The second-order valence-corrected chi connectivity index (χ2v) is 7.22. The molecule has 0 radical (unpaired) electrons. The molecule has 3 saturated heterocycles. The van der Waals surface area contributed by atoms with Crippen molar-refractivity contribution < 1.29 is 14.4 Å². The van der Waals surface area contributed by atoms with E-state index in [1.807, 2.05) is 20.8 Å². The van der Waals surface area contributed by atoms with Crippen molar-refractivity contribution in [1.29, 1.82) is 0 Å². The summed E-state index contributed by atoms with van der Waals surface area (Å²) in [5.74, 6) is -0.323. The van der Waals surface area contributed by atoms with Crippen molar-refractivity contribution in [2.24, 2.45) is 0 Å². The molecule has 0 aliphatic carbocycles. The molecule has 3 atom stereocenters. The van der Waals surface area contributed by atoms with Crippen LogP contribution in [-0.2, 0) is 0 Å². The highest BCUT2D eigenvalue weighted by Crippen LogP contribution is 2.27. The Bertz CT molecular complexity index is 648. The van der Waals surface area contributed by atoms with E-state index in [2.05, 4.69) is 0 Å². The van der Waals surface area contributed by atoms with Gasteiger partial charge in [-0.15, -0.1) is 0 Å². The second kappa shape index (κ2) is 5.06. The lowest BCUT2D eigenvalue weighted by Crippen LogP contribution is -2.20. The monoisotopic (exact) mass is 327 g/mol. The number of benzene rings is 1. The standard InChI is InChI=1S/C18H21N3O3/c1-10-7-19(10)16(22)13-4-14(17(23)20-8-11(20)2)6-15(5-13)18(24)21-9-12(21)3/h4-6,10-12H,7-9H2,1-3H3/t10-,11-,12+,19?,20?,21?/m1/s1. The molecule has 1 aromatic carbocycles. The van der Waals surface area contributed by atoms with Gasteiger partial charge < -0.3 is 14.7 Å². The van der Waals surface area contributed by atoms with Crippen molar-refractivity contribution in [3.05, 3.63) is 34.9 Å². The highest BCUT2D eigenvalue weighted by Gasteiger charge is 2.39. The third-order valence-electron chi connectivity index (χ3n) is 5.03. The Morgan fingerprint density at radius 3 is 1.04 bits per heavy atom.